The molecule has 9 nitrogen and oxygen atoms in total. The average molecular weight is 425 g/mol. The van der Waals surface area contributed by atoms with Gasteiger partial charge in [-0.25, -0.2) is 4.39 Å². The summed E-state index contributed by atoms with van der Waals surface area (Å²) in [6.07, 6.45) is 10.2. The number of hydrogen-bond donors (Lipinski definition) is 4. The van der Waals surface area contributed by atoms with Gasteiger partial charge in [0, 0.05) is 32.3 Å². The molecule has 2 aliphatic rings. The summed E-state index contributed by atoms with van der Waals surface area (Å²) in [7, 11) is 1.50. The van der Waals surface area contributed by atoms with Crippen LogP contribution in [-0.4, -0.2) is 58.0 Å². The summed E-state index contributed by atoms with van der Waals surface area (Å²) in [5.41, 5.74) is -0.665. The Morgan fingerprint density at radius 2 is 1.70 bits per heavy atom. The van der Waals surface area contributed by atoms with Gasteiger partial charge in [-0.05, 0) is 6.07 Å². The summed E-state index contributed by atoms with van der Waals surface area (Å²) in [6, 6.07) is 2.24. The number of halogens is 1. The number of hydrogen-bond acceptors (Lipinski definition) is 5. The molecule has 2 heterocycles. The van der Waals surface area contributed by atoms with E-state index in [1.54, 1.807) is 0 Å². The lowest BCUT2D eigenvalue weighted by atomic mass is 10.0. The van der Waals surface area contributed by atoms with Gasteiger partial charge in [-0.3, -0.25) is 19.2 Å². The third-order valence-electron chi connectivity index (χ3n) is 4.41. The summed E-state index contributed by atoms with van der Waals surface area (Å²) >= 11 is 0. The predicted octanol–water partition coefficient (Wildman–Crippen LogP) is 1.72. The molecule has 0 aromatic carbocycles. The number of aliphatic hydroxyl groups excluding tert-OH is 1. The fraction of sp³-hybridized carbons (Fsp3) is 0.500. The van der Waals surface area contributed by atoms with E-state index in [1.165, 1.54) is 50.5 Å². The summed E-state index contributed by atoms with van der Waals surface area (Å²) in [5, 5.41) is 19.8. The molecule has 1 aliphatic carbocycles. The van der Waals surface area contributed by atoms with Crippen molar-refractivity contribution in [2.45, 2.75) is 44.9 Å². The zero-order valence-electron chi connectivity index (χ0n) is 16.9. The minimum atomic E-state index is -1.22. The number of nitrogens with zero attached hydrogens (tertiary/aromatic N) is 1. The monoisotopic (exact) mass is 425 g/mol. The highest BCUT2D eigenvalue weighted by molar-refractivity contribution is 6.19. The zero-order chi connectivity index (χ0) is 22.5. The number of nitrogens with one attached hydrogen (secondary N) is 2. The van der Waals surface area contributed by atoms with Crippen molar-refractivity contribution in [3.05, 3.63) is 45.8 Å². The molecule has 1 aliphatic heterocycles. The molecule has 1 aromatic rings. The highest BCUT2D eigenvalue weighted by Gasteiger charge is 2.30. The largest absolute Gasteiger partial charge is 0.511 e. The van der Waals surface area contributed by atoms with E-state index in [2.05, 4.69) is 4.98 Å². The highest BCUT2D eigenvalue weighted by Crippen LogP contribution is 2.16. The van der Waals surface area contributed by atoms with Crippen LogP contribution in [-0.2, 0) is 14.4 Å². The van der Waals surface area contributed by atoms with Gasteiger partial charge in [0.05, 0.1) is 0 Å². The van der Waals surface area contributed by atoms with Gasteiger partial charge in [0.15, 0.2) is 0 Å². The van der Waals surface area contributed by atoms with E-state index in [9.17, 15) is 28.7 Å². The molecule has 4 N–H and O–H groups in total. The second kappa shape index (κ2) is 13.1. The lowest BCUT2D eigenvalue weighted by Crippen LogP contribution is -2.41. The number of aromatic amines is 1. The Morgan fingerprint density at radius 3 is 2.13 bits per heavy atom. The molecule has 0 atom stereocenters. The second-order valence-corrected chi connectivity index (χ2v) is 6.87. The van der Waals surface area contributed by atoms with Gasteiger partial charge < -0.3 is 25.4 Å². The summed E-state index contributed by atoms with van der Waals surface area (Å²) in [6.45, 7) is -0.257. The zero-order valence-corrected chi connectivity index (χ0v) is 16.9. The first-order valence-electron chi connectivity index (χ1n) is 9.74. The van der Waals surface area contributed by atoms with Gasteiger partial charge >= 0.3 is 5.97 Å². The third-order valence-corrected chi connectivity index (χ3v) is 4.41. The normalized spacial score (nSPS) is 15.9. The molecule has 2 amide bonds. The first-order valence-corrected chi connectivity index (χ1v) is 9.74. The molecule has 1 fully saturated rings. The Kier molecular flexibility index (Phi) is 10.9. The van der Waals surface area contributed by atoms with Crippen molar-refractivity contribution < 1.29 is 29.0 Å². The van der Waals surface area contributed by atoms with Gasteiger partial charge in [-0.15, -0.1) is 0 Å². The fourth-order valence-corrected chi connectivity index (χ4v) is 2.74. The van der Waals surface area contributed by atoms with Gasteiger partial charge in [0.1, 0.15) is 23.7 Å². The molecule has 0 saturated heterocycles. The van der Waals surface area contributed by atoms with Crippen LogP contribution in [0.5, 0.6) is 0 Å². The van der Waals surface area contributed by atoms with Crippen LogP contribution in [0.2, 0.25) is 0 Å². The number of aromatic nitrogens is 1. The van der Waals surface area contributed by atoms with E-state index in [0.717, 1.165) is 18.3 Å². The molecule has 0 bridgehead atoms. The molecule has 3 rings (SSSR count). The van der Waals surface area contributed by atoms with Crippen molar-refractivity contribution >= 4 is 17.8 Å². The highest BCUT2D eigenvalue weighted by atomic mass is 19.1. The number of aliphatic hydroxyl groups is 1. The molecule has 0 radical (unpaired) electrons. The Balaban J connectivity index is 0.000000263. The number of H-pyrrole nitrogens is 1. The number of carbonyl (C=O) groups is 3. The minimum Gasteiger partial charge on any atom is -0.511 e. The number of amides is 2. The van der Waals surface area contributed by atoms with Crippen LogP contribution in [0.25, 0.3) is 0 Å². The van der Waals surface area contributed by atoms with Crippen LogP contribution in [0.4, 0.5) is 4.39 Å². The first-order chi connectivity index (χ1) is 14.2. The summed E-state index contributed by atoms with van der Waals surface area (Å²) < 4.78 is 11.9. The van der Waals surface area contributed by atoms with Crippen LogP contribution in [0.1, 0.15) is 44.9 Å². The lowest BCUT2D eigenvalue weighted by Gasteiger charge is -2.23. The smallest absolute Gasteiger partial charge is 0.322 e. The average Bonchev–Trinajstić information content (AvgIpc) is 2.74. The molecule has 166 valence electrons. The fourth-order valence-electron chi connectivity index (χ4n) is 2.74. The van der Waals surface area contributed by atoms with Gasteiger partial charge in [-0.2, -0.15) is 0 Å². The van der Waals surface area contributed by atoms with E-state index in [4.69, 9.17) is 5.11 Å². The van der Waals surface area contributed by atoms with Crippen molar-refractivity contribution in [1.29, 1.82) is 0 Å². The Morgan fingerprint density at radius 1 is 1.13 bits per heavy atom. The quantitative estimate of drug-likeness (QED) is 0.544. The molecular weight excluding hydrogens is 397 g/mol. The van der Waals surface area contributed by atoms with Gasteiger partial charge in [-0.1, -0.05) is 38.5 Å². The first kappa shape index (κ1) is 24.9. The molecule has 30 heavy (non-hydrogen) atoms. The van der Waals surface area contributed by atoms with Crippen LogP contribution >= 0.6 is 0 Å². The standard InChI is InChI=1S/C9H12N2O5.C6H12.C5H4FNO/c1-11-3-2-5(12)7(9(11)16)8(15)10-4-6(13)14;1-2-4-6-5-3-1;6-4-1-2-5(8)7-3-4/h12H,2-4H2,1H3,(H,10,15)(H,13,14);1-6H2;1-3H,(H,7,8). The molecule has 10 heteroatoms. The Labute approximate surface area is 173 Å². The SMILES string of the molecule is C1CCCCC1.CN1CCC(O)=C(C(=O)NCC(=O)O)C1=O.O=c1ccc(F)c[nH]1. The molecule has 1 aromatic heterocycles. The number of carboxylic acids is 1. The van der Waals surface area contributed by atoms with E-state index < -0.39 is 30.1 Å². The van der Waals surface area contributed by atoms with Gasteiger partial charge in [0.25, 0.3) is 11.8 Å². The molecular formula is C20H28FN3O6. The Bertz CT molecular complexity index is 785. The second-order valence-electron chi connectivity index (χ2n) is 6.87. The number of rotatable bonds is 3. The number of carbonyl (C=O) groups excluding carboxylic acids is 2. The molecule has 0 spiro atoms. The van der Waals surface area contributed by atoms with Crippen LogP contribution in [0, 0.1) is 5.82 Å². The maximum atomic E-state index is 11.9. The van der Waals surface area contributed by atoms with Crippen molar-refractivity contribution in [2.24, 2.45) is 0 Å². The molecule has 0 unspecified atom stereocenters. The number of likely N-dealkylation sites (N-methyl/N-ethyl adjacent to an activating group) is 1. The topological polar surface area (TPSA) is 140 Å². The van der Waals surface area contributed by atoms with E-state index in [-0.39, 0.29) is 23.3 Å². The van der Waals surface area contributed by atoms with Crippen molar-refractivity contribution in [3.8, 4) is 0 Å². The van der Waals surface area contributed by atoms with E-state index in [0.29, 0.717) is 6.54 Å². The maximum Gasteiger partial charge on any atom is 0.322 e. The lowest BCUT2D eigenvalue weighted by molar-refractivity contribution is -0.138. The van der Waals surface area contributed by atoms with Crippen molar-refractivity contribution in [1.82, 2.24) is 15.2 Å². The third kappa shape index (κ3) is 9.35. The van der Waals surface area contributed by atoms with Gasteiger partial charge in [0.2, 0.25) is 5.56 Å². The van der Waals surface area contributed by atoms with Crippen LogP contribution in [0.15, 0.2) is 34.5 Å². The van der Waals surface area contributed by atoms with Crippen molar-refractivity contribution in [3.63, 3.8) is 0 Å². The minimum absolute atomic E-state index is 0.193. The van der Waals surface area contributed by atoms with Crippen LogP contribution in [0.3, 0.4) is 0 Å². The number of pyridine rings is 1. The molecule has 1 saturated carbocycles. The van der Waals surface area contributed by atoms with E-state index in [1.807, 2.05) is 5.32 Å². The van der Waals surface area contributed by atoms with E-state index >= 15 is 0 Å². The number of carboxylic acid groups (broad SMARTS) is 1. The summed E-state index contributed by atoms with van der Waals surface area (Å²) in [5.74, 6) is -3.41. The van der Waals surface area contributed by atoms with Crippen molar-refractivity contribution in [2.75, 3.05) is 20.1 Å². The Hall–Kier alpha value is -3.17. The summed E-state index contributed by atoms with van der Waals surface area (Å²) in [4.78, 5) is 46.8. The maximum absolute atomic E-state index is 11.9. The predicted molar refractivity (Wildman–Crippen MR) is 107 cm³/mol. The van der Waals surface area contributed by atoms with Crippen LogP contribution < -0.4 is 10.9 Å². The number of aliphatic carboxylic acids is 1.